The van der Waals surface area contributed by atoms with Gasteiger partial charge in [0.15, 0.2) is 0 Å². The van der Waals surface area contributed by atoms with Crippen LogP contribution in [0.4, 0.5) is 4.79 Å². The average molecular weight is 349 g/mol. The maximum Gasteiger partial charge on any atom is 0.317 e. The Kier molecular flexibility index (Phi) is 5.58. The van der Waals surface area contributed by atoms with Crippen LogP contribution in [0, 0.1) is 0 Å². The van der Waals surface area contributed by atoms with Gasteiger partial charge in [-0.15, -0.1) is 0 Å². The number of rotatable bonds is 5. The van der Waals surface area contributed by atoms with Crippen molar-refractivity contribution in [3.8, 4) is 0 Å². The van der Waals surface area contributed by atoms with Crippen molar-refractivity contribution >= 4 is 6.03 Å². The molecule has 2 aliphatic heterocycles. The van der Waals surface area contributed by atoms with Crippen molar-refractivity contribution < 1.29 is 19.7 Å². The molecule has 2 amide bonds. The highest BCUT2D eigenvalue weighted by Crippen LogP contribution is 2.33. The number of aliphatic hydroxyl groups is 2. The molecule has 3 N–H and O–H groups in total. The van der Waals surface area contributed by atoms with Crippen molar-refractivity contribution in [3.63, 3.8) is 0 Å². The summed E-state index contributed by atoms with van der Waals surface area (Å²) in [5, 5.41) is 23.7. The van der Waals surface area contributed by atoms with E-state index in [9.17, 15) is 15.0 Å². The van der Waals surface area contributed by atoms with Crippen LogP contribution in [0.25, 0.3) is 0 Å². The van der Waals surface area contributed by atoms with Crippen molar-refractivity contribution in [1.29, 1.82) is 0 Å². The number of ether oxygens (including phenoxy) is 1. The molecule has 4 atom stereocenters. The number of amides is 2. The van der Waals surface area contributed by atoms with Crippen LogP contribution in [-0.2, 0) is 11.3 Å². The molecule has 2 aliphatic rings. The van der Waals surface area contributed by atoms with E-state index in [0.717, 1.165) is 5.56 Å². The number of urea groups is 1. The second-order valence-electron chi connectivity index (χ2n) is 7.03. The van der Waals surface area contributed by atoms with Gasteiger partial charge in [-0.05, 0) is 25.8 Å². The Balaban J connectivity index is 1.60. The minimum atomic E-state index is -1.10. The molecule has 138 valence electrons. The molecule has 0 aromatic heterocycles. The predicted octanol–water partition coefficient (Wildman–Crippen LogP) is 0.717. The number of carbonyl (C=O) groups is 1. The van der Waals surface area contributed by atoms with E-state index in [1.165, 1.54) is 0 Å². The largest absolute Gasteiger partial charge is 0.390 e. The van der Waals surface area contributed by atoms with Gasteiger partial charge < -0.3 is 25.2 Å². The fraction of sp³-hybridized carbons (Fsp3) is 0.611. The summed E-state index contributed by atoms with van der Waals surface area (Å²) in [5.74, 6) is 0. The number of hydrogen-bond acceptors (Lipinski definition) is 5. The SMILES string of the molecule is CC(C)NC(=O)N1CC(O)C2C1CCN2C(O)OCc1ccccc1. The minimum Gasteiger partial charge on any atom is -0.390 e. The van der Waals surface area contributed by atoms with Gasteiger partial charge in [0.2, 0.25) is 6.41 Å². The van der Waals surface area contributed by atoms with Gasteiger partial charge in [0.05, 0.1) is 31.3 Å². The number of fused-ring (bicyclic) bond motifs is 1. The van der Waals surface area contributed by atoms with Gasteiger partial charge in [-0.25, -0.2) is 9.69 Å². The number of benzene rings is 1. The van der Waals surface area contributed by atoms with Crippen LogP contribution in [0.5, 0.6) is 0 Å². The highest BCUT2D eigenvalue weighted by molar-refractivity contribution is 5.75. The van der Waals surface area contributed by atoms with Gasteiger partial charge in [-0.2, -0.15) is 0 Å². The maximum atomic E-state index is 12.3. The lowest BCUT2D eigenvalue weighted by Crippen LogP contribution is -2.49. The number of hydrogen-bond donors (Lipinski definition) is 3. The lowest BCUT2D eigenvalue weighted by atomic mass is 10.1. The molecule has 25 heavy (non-hydrogen) atoms. The Morgan fingerprint density at radius 3 is 2.76 bits per heavy atom. The lowest BCUT2D eigenvalue weighted by molar-refractivity contribution is -0.210. The topological polar surface area (TPSA) is 85.3 Å². The molecule has 1 aromatic carbocycles. The van der Waals surface area contributed by atoms with Gasteiger partial charge in [-0.3, -0.25) is 0 Å². The Labute approximate surface area is 148 Å². The smallest absolute Gasteiger partial charge is 0.317 e. The van der Waals surface area contributed by atoms with Crippen molar-refractivity contribution in [1.82, 2.24) is 15.1 Å². The second kappa shape index (κ2) is 7.70. The van der Waals surface area contributed by atoms with Crippen molar-refractivity contribution in [2.45, 2.75) is 57.5 Å². The molecular formula is C18H27N3O4. The first-order chi connectivity index (χ1) is 12.0. The number of β-amino-alcohol motifs (C(OH)–C–C–N with tert-alkyl or cyclic N) is 1. The van der Waals surface area contributed by atoms with Crippen molar-refractivity contribution in [2.75, 3.05) is 13.1 Å². The van der Waals surface area contributed by atoms with E-state index in [0.29, 0.717) is 19.6 Å². The molecule has 7 nitrogen and oxygen atoms in total. The fourth-order valence-corrected chi connectivity index (χ4v) is 3.75. The van der Waals surface area contributed by atoms with Crippen LogP contribution in [0.15, 0.2) is 30.3 Å². The molecule has 0 bridgehead atoms. The average Bonchev–Trinajstić information content (AvgIpc) is 3.14. The Hall–Kier alpha value is -1.67. The molecule has 2 saturated heterocycles. The summed E-state index contributed by atoms with van der Waals surface area (Å²) in [6.07, 6.45) is -1.09. The molecule has 4 unspecified atom stereocenters. The second-order valence-corrected chi connectivity index (χ2v) is 7.03. The van der Waals surface area contributed by atoms with Crippen molar-refractivity contribution in [3.05, 3.63) is 35.9 Å². The summed E-state index contributed by atoms with van der Waals surface area (Å²) in [6.45, 7) is 4.96. The first-order valence-corrected chi connectivity index (χ1v) is 8.82. The normalized spacial score (nSPS) is 27.6. The third-order valence-electron chi connectivity index (χ3n) is 4.84. The van der Waals surface area contributed by atoms with Crippen LogP contribution in [0.3, 0.4) is 0 Å². The zero-order chi connectivity index (χ0) is 18.0. The molecule has 1 aromatic rings. The number of likely N-dealkylation sites (tertiary alicyclic amines) is 2. The van der Waals surface area contributed by atoms with Gasteiger partial charge in [-0.1, -0.05) is 30.3 Å². The van der Waals surface area contributed by atoms with E-state index in [1.54, 1.807) is 9.80 Å². The zero-order valence-corrected chi connectivity index (χ0v) is 14.7. The van der Waals surface area contributed by atoms with E-state index >= 15 is 0 Å². The quantitative estimate of drug-likeness (QED) is 0.682. The van der Waals surface area contributed by atoms with E-state index in [1.807, 2.05) is 44.2 Å². The summed E-state index contributed by atoms with van der Waals surface area (Å²) < 4.78 is 5.58. The molecule has 0 aliphatic carbocycles. The zero-order valence-electron chi connectivity index (χ0n) is 14.7. The van der Waals surface area contributed by atoms with Gasteiger partial charge >= 0.3 is 6.03 Å². The van der Waals surface area contributed by atoms with Crippen LogP contribution in [-0.4, -0.2) is 69.8 Å². The van der Waals surface area contributed by atoms with Crippen LogP contribution in [0.2, 0.25) is 0 Å². The molecule has 3 rings (SSSR count). The molecule has 7 heteroatoms. The summed E-state index contributed by atoms with van der Waals surface area (Å²) in [7, 11) is 0. The summed E-state index contributed by atoms with van der Waals surface area (Å²) >= 11 is 0. The van der Waals surface area contributed by atoms with Gasteiger partial charge in [0, 0.05) is 12.6 Å². The standard InChI is InChI=1S/C18H27N3O4/c1-12(2)19-17(23)21-10-15(22)16-14(21)8-9-20(16)18(24)25-11-13-6-4-3-5-7-13/h3-7,12,14-16,18,22,24H,8-11H2,1-2H3,(H,19,23). The first-order valence-electron chi connectivity index (χ1n) is 8.82. The summed E-state index contributed by atoms with van der Waals surface area (Å²) in [4.78, 5) is 15.8. The number of nitrogens with zero attached hydrogens (tertiary/aromatic N) is 2. The number of aliphatic hydroxyl groups excluding tert-OH is 2. The molecular weight excluding hydrogens is 322 g/mol. The van der Waals surface area contributed by atoms with Crippen LogP contribution < -0.4 is 5.32 Å². The molecule has 0 saturated carbocycles. The van der Waals surface area contributed by atoms with Gasteiger partial charge in [0.1, 0.15) is 0 Å². The molecule has 2 fully saturated rings. The minimum absolute atomic E-state index is 0.0426. The van der Waals surface area contributed by atoms with E-state index in [2.05, 4.69) is 5.32 Å². The third kappa shape index (κ3) is 3.95. The fourth-order valence-electron chi connectivity index (χ4n) is 3.75. The molecule has 2 heterocycles. The highest BCUT2D eigenvalue weighted by atomic mass is 16.6. The van der Waals surface area contributed by atoms with E-state index in [-0.39, 0.29) is 30.7 Å². The highest BCUT2D eigenvalue weighted by Gasteiger charge is 2.51. The van der Waals surface area contributed by atoms with E-state index < -0.39 is 12.5 Å². The van der Waals surface area contributed by atoms with E-state index in [4.69, 9.17) is 4.74 Å². The monoisotopic (exact) mass is 349 g/mol. The summed E-state index contributed by atoms with van der Waals surface area (Å²) in [5.41, 5.74) is 0.974. The Morgan fingerprint density at radius 2 is 2.08 bits per heavy atom. The molecule has 0 spiro atoms. The molecule has 0 radical (unpaired) electrons. The number of carbonyl (C=O) groups excluding carboxylic acids is 1. The Bertz CT molecular complexity index is 583. The predicted molar refractivity (Wildman–Crippen MR) is 92.5 cm³/mol. The first kappa shape index (κ1) is 18.1. The van der Waals surface area contributed by atoms with Crippen LogP contribution in [0.1, 0.15) is 25.8 Å². The van der Waals surface area contributed by atoms with Gasteiger partial charge in [0.25, 0.3) is 0 Å². The lowest BCUT2D eigenvalue weighted by Gasteiger charge is -2.30. The summed E-state index contributed by atoms with van der Waals surface area (Å²) in [6, 6.07) is 9.10. The third-order valence-corrected chi connectivity index (χ3v) is 4.84. The van der Waals surface area contributed by atoms with Crippen molar-refractivity contribution in [2.24, 2.45) is 0 Å². The Morgan fingerprint density at radius 1 is 1.36 bits per heavy atom. The number of nitrogens with one attached hydrogen (secondary N) is 1. The maximum absolute atomic E-state index is 12.3. The van der Waals surface area contributed by atoms with Crippen LogP contribution >= 0.6 is 0 Å².